The number of carbonyl (C=O) groups excluding carboxylic acids is 6. The molecule has 1 heterocycles. The van der Waals surface area contributed by atoms with E-state index in [1.807, 2.05) is 48.5 Å². The molecule has 1 aliphatic carbocycles. The molecule has 0 aromatic heterocycles. The lowest BCUT2D eigenvalue weighted by molar-refractivity contribution is -0.308. The smallest absolute Gasteiger partial charge is 0.407 e. The predicted octanol–water partition coefficient (Wildman–Crippen LogP) is 2.58. The van der Waals surface area contributed by atoms with Crippen LogP contribution in [0.5, 0.6) is 0 Å². The van der Waals surface area contributed by atoms with Gasteiger partial charge in [0.25, 0.3) is 0 Å². The van der Waals surface area contributed by atoms with Crippen molar-refractivity contribution in [1.82, 2.24) is 5.32 Å². The van der Waals surface area contributed by atoms with Crippen LogP contribution in [0.2, 0.25) is 0 Å². The van der Waals surface area contributed by atoms with Gasteiger partial charge in [-0.2, -0.15) is 0 Å². The van der Waals surface area contributed by atoms with Crippen LogP contribution >= 0.6 is 0 Å². The lowest BCUT2D eigenvalue weighted by Gasteiger charge is -2.44. The molecule has 252 valence electrons. The van der Waals surface area contributed by atoms with Gasteiger partial charge in [0.05, 0.1) is 6.61 Å². The van der Waals surface area contributed by atoms with Crippen LogP contribution in [0.25, 0.3) is 11.1 Å². The Bertz CT molecular complexity index is 1460. The minimum Gasteiger partial charge on any atom is -0.463 e. The Hall–Kier alpha value is -4.82. The number of alkyl carbamates (subject to hydrolysis) is 1. The number of ketones is 1. The van der Waals surface area contributed by atoms with Gasteiger partial charge in [0.1, 0.15) is 25.4 Å². The molecule has 1 amide bonds. The number of rotatable bonds is 12. The Morgan fingerprint density at radius 1 is 0.681 bits per heavy atom. The molecule has 0 spiro atoms. The summed E-state index contributed by atoms with van der Waals surface area (Å²) in [6.45, 7) is 4.71. The van der Waals surface area contributed by atoms with Crippen LogP contribution in [0.1, 0.15) is 51.7 Å². The Kier molecular flexibility index (Phi) is 11.7. The second-order valence-electron chi connectivity index (χ2n) is 11.0. The lowest BCUT2D eigenvalue weighted by Crippen LogP contribution is -2.63. The molecule has 14 nitrogen and oxygen atoms in total. The van der Waals surface area contributed by atoms with Crippen molar-refractivity contribution >= 4 is 35.8 Å². The average Bonchev–Trinajstić information content (AvgIpc) is 3.32. The zero-order valence-corrected chi connectivity index (χ0v) is 26.6. The zero-order valence-electron chi connectivity index (χ0n) is 26.6. The normalized spacial score (nSPS) is 22.1. The van der Waals surface area contributed by atoms with Gasteiger partial charge in [-0.1, -0.05) is 48.5 Å². The summed E-state index contributed by atoms with van der Waals surface area (Å²) in [4.78, 5) is 73.1. The molecule has 0 bridgehead atoms. The quantitative estimate of drug-likeness (QED) is 0.261. The molecule has 4 rings (SSSR count). The highest BCUT2D eigenvalue weighted by molar-refractivity contribution is 5.85. The fraction of sp³-hybridized carbons (Fsp3) is 0.455. The van der Waals surface area contributed by atoms with Crippen LogP contribution in [-0.4, -0.2) is 92.3 Å². The molecular weight excluding hydrogens is 618 g/mol. The largest absolute Gasteiger partial charge is 0.463 e. The number of Topliss-reactive ketones (excluding diaryl/α,β-unsaturated/α-hetero) is 1. The number of carbonyl (C=O) groups is 6. The molecule has 14 heteroatoms. The maximum absolute atomic E-state index is 12.9. The first-order valence-corrected chi connectivity index (χ1v) is 14.9. The molecule has 47 heavy (non-hydrogen) atoms. The second-order valence-corrected chi connectivity index (χ2v) is 11.0. The first kappa shape index (κ1) is 35.0. The minimum absolute atomic E-state index is 0.00499. The number of fused-ring (bicyclic) bond motifs is 3. The van der Waals surface area contributed by atoms with Crippen LogP contribution in [0.3, 0.4) is 0 Å². The molecule has 1 N–H and O–H groups in total. The first-order valence-electron chi connectivity index (χ1n) is 14.9. The van der Waals surface area contributed by atoms with Crippen LogP contribution in [-0.2, 0) is 57.1 Å². The van der Waals surface area contributed by atoms with Gasteiger partial charge in [0.15, 0.2) is 30.4 Å². The van der Waals surface area contributed by atoms with E-state index in [1.165, 1.54) is 6.92 Å². The molecule has 2 aromatic carbocycles. The van der Waals surface area contributed by atoms with Gasteiger partial charge in [-0.25, -0.2) is 4.79 Å². The Morgan fingerprint density at radius 2 is 1.21 bits per heavy atom. The maximum Gasteiger partial charge on any atom is 0.407 e. The molecule has 1 fully saturated rings. The SMILES string of the molecule is CC(=O)OCC1O[C@@H](OC[C@@H](NC(=O)OCC2c3ccccc3-c3ccccc32)C(C)=O)[C@H](OC(C)=O)C(OC(C)=O)[C@H]1OC(C)=O. The zero-order chi connectivity index (χ0) is 34.2. The van der Waals surface area contributed by atoms with Crippen LogP contribution < -0.4 is 5.32 Å². The summed E-state index contributed by atoms with van der Waals surface area (Å²) < 4.78 is 38.4. The highest BCUT2D eigenvalue weighted by Crippen LogP contribution is 2.44. The Balaban J connectivity index is 1.48. The minimum atomic E-state index is -1.53. The third-order valence-electron chi connectivity index (χ3n) is 7.50. The standard InChI is InChI=1S/C33H37NO13/c1-17(35)27(34-33(40)43-14-26-24-12-8-6-10-22(24)23-11-7-9-13-25(23)26)15-42-32-31(46-21(5)39)30(45-20(4)38)29(44-19(3)37)28(47-32)16-41-18(2)36/h6-13,26-32H,14-16H2,1-5H3,(H,34,40)/t27-,28?,29+,30?,31-,32-/m1/s1. The van der Waals surface area contributed by atoms with Crippen LogP contribution in [0.4, 0.5) is 4.79 Å². The fourth-order valence-corrected chi connectivity index (χ4v) is 5.56. The van der Waals surface area contributed by atoms with Gasteiger partial charge in [0.2, 0.25) is 0 Å². The third-order valence-corrected chi connectivity index (χ3v) is 7.50. The van der Waals surface area contributed by atoms with Gasteiger partial charge < -0.3 is 38.5 Å². The Labute approximate surface area is 270 Å². The highest BCUT2D eigenvalue weighted by Gasteiger charge is 2.53. The molecular formula is C33H37NO13. The third kappa shape index (κ3) is 8.92. The van der Waals surface area contributed by atoms with Crippen molar-refractivity contribution in [3.05, 3.63) is 59.7 Å². The number of ether oxygens (including phenoxy) is 7. The topological polar surface area (TPSA) is 179 Å². The van der Waals surface area contributed by atoms with E-state index < -0.39 is 85.7 Å². The van der Waals surface area contributed by atoms with E-state index in [9.17, 15) is 28.8 Å². The van der Waals surface area contributed by atoms with Crippen molar-refractivity contribution in [3.8, 4) is 11.1 Å². The van der Waals surface area contributed by atoms with Gasteiger partial charge in [0, 0.05) is 33.6 Å². The lowest BCUT2D eigenvalue weighted by atomic mass is 9.98. The summed E-state index contributed by atoms with van der Waals surface area (Å²) in [6.07, 6.45) is -7.96. The maximum atomic E-state index is 12.9. The van der Waals surface area contributed by atoms with Gasteiger partial charge in [-0.05, 0) is 29.2 Å². The van der Waals surface area contributed by atoms with E-state index in [1.54, 1.807) is 0 Å². The number of esters is 4. The number of amides is 1. The number of hydrogen-bond donors (Lipinski definition) is 1. The fourth-order valence-electron chi connectivity index (χ4n) is 5.56. The molecule has 6 atom stereocenters. The molecule has 2 aromatic rings. The van der Waals surface area contributed by atoms with E-state index in [0.29, 0.717) is 0 Å². The van der Waals surface area contributed by atoms with Crippen molar-refractivity contribution < 1.29 is 61.9 Å². The monoisotopic (exact) mass is 655 g/mol. The van der Waals surface area contributed by atoms with Gasteiger partial charge >= 0.3 is 30.0 Å². The van der Waals surface area contributed by atoms with Crippen molar-refractivity contribution in [2.75, 3.05) is 19.8 Å². The molecule has 0 radical (unpaired) electrons. The first-order chi connectivity index (χ1) is 22.3. The molecule has 0 saturated carbocycles. The summed E-state index contributed by atoms with van der Waals surface area (Å²) in [6, 6.07) is 14.4. The number of nitrogens with one attached hydrogen (secondary N) is 1. The highest BCUT2D eigenvalue weighted by atomic mass is 16.7. The molecule has 1 saturated heterocycles. The van der Waals surface area contributed by atoms with Crippen molar-refractivity contribution in [2.45, 2.75) is 77.3 Å². The van der Waals surface area contributed by atoms with E-state index in [-0.39, 0.29) is 12.5 Å². The summed E-state index contributed by atoms with van der Waals surface area (Å²) >= 11 is 0. The van der Waals surface area contributed by atoms with Crippen molar-refractivity contribution in [1.29, 1.82) is 0 Å². The van der Waals surface area contributed by atoms with Crippen LogP contribution in [0, 0.1) is 0 Å². The van der Waals surface area contributed by atoms with Crippen molar-refractivity contribution in [2.24, 2.45) is 0 Å². The Morgan fingerprint density at radius 3 is 1.74 bits per heavy atom. The average molecular weight is 656 g/mol. The number of hydrogen-bond acceptors (Lipinski definition) is 13. The number of benzene rings is 2. The van der Waals surface area contributed by atoms with Gasteiger partial charge in [-0.15, -0.1) is 0 Å². The predicted molar refractivity (Wildman–Crippen MR) is 161 cm³/mol. The van der Waals surface area contributed by atoms with E-state index in [2.05, 4.69) is 5.32 Å². The molecule has 2 unspecified atom stereocenters. The van der Waals surface area contributed by atoms with Crippen molar-refractivity contribution in [3.63, 3.8) is 0 Å². The summed E-state index contributed by atoms with van der Waals surface area (Å²) in [5, 5.41) is 2.49. The van der Waals surface area contributed by atoms with E-state index in [4.69, 9.17) is 33.2 Å². The summed E-state index contributed by atoms with van der Waals surface area (Å²) in [7, 11) is 0. The van der Waals surface area contributed by atoms with E-state index in [0.717, 1.165) is 49.9 Å². The van der Waals surface area contributed by atoms with Gasteiger partial charge in [-0.3, -0.25) is 24.0 Å². The van der Waals surface area contributed by atoms with E-state index >= 15 is 0 Å². The summed E-state index contributed by atoms with van der Waals surface area (Å²) in [5.41, 5.74) is 4.13. The summed E-state index contributed by atoms with van der Waals surface area (Å²) in [5.74, 6) is -3.79. The van der Waals surface area contributed by atoms with Crippen LogP contribution in [0.15, 0.2) is 48.5 Å². The second kappa shape index (κ2) is 15.6. The molecule has 1 aliphatic heterocycles. The molecule has 2 aliphatic rings.